The van der Waals surface area contributed by atoms with Crippen LogP contribution in [0.15, 0.2) is 11.8 Å². The van der Waals surface area contributed by atoms with Gasteiger partial charge in [0.15, 0.2) is 0 Å². The van der Waals surface area contributed by atoms with Crippen molar-refractivity contribution >= 4 is 11.9 Å². The van der Waals surface area contributed by atoms with Crippen LogP contribution < -0.4 is 5.73 Å². The van der Waals surface area contributed by atoms with E-state index in [0.717, 1.165) is 6.08 Å². The average molecular weight is 201 g/mol. The number of carbonyl (C=O) groups is 2. The normalized spacial score (nSPS) is 11.3. The molecule has 0 aromatic heterocycles. The van der Waals surface area contributed by atoms with Crippen LogP contribution in [0.5, 0.6) is 0 Å². The van der Waals surface area contributed by atoms with Crippen molar-refractivity contribution in [3.63, 3.8) is 0 Å². The molecule has 0 aromatic rings. The third kappa shape index (κ3) is 7.15. The zero-order chi connectivity index (χ0) is 11.1. The fraction of sp³-hybridized carbons (Fsp3) is 0.556. The summed E-state index contributed by atoms with van der Waals surface area (Å²) in [6.07, 6.45) is 0.906. The lowest BCUT2D eigenvalue weighted by Crippen LogP contribution is -2.14. The van der Waals surface area contributed by atoms with Crippen molar-refractivity contribution in [3.05, 3.63) is 11.8 Å². The van der Waals surface area contributed by atoms with Crippen LogP contribution in [0.4, 0.5) is 0 Å². The molecular weight excluding hydrogens is 186 g/mol. The summed E-state index contributed by atoms with van der Waals surface area (Å²) in [5, 5.41) is 0. The Labute approximate surface area is 82.9 Å². The predicted molar refractivity (Wildman–Crippen MR) is 50.1 cm³/mol. The first-order chi connectivity index (χ1) is 6.41. The van der Waals surface area contributed by atoms with E-state index in [-0.39, 0.29) is 18.4 Å². The van der Waals surface area contributed by atoms with Crippen molar-refractivity contribution in [3.8, 4) is 0 Å². The van der Waals surface area contributed by atoms with Gasteiger partial charge in [0.05, 0.1) is 11.8 Å². The monoisotopic (exact) mass is 201 g/mol. The Morgan fingerprint density at radius 3 is 2.43 bits per heavy atom. The van der Waals surface area contributed by atoms with Crippen LogP contribution in [0.2, 0.25) is 0 Å². The molecular formula is C9H15NO4. The molecule has 0 unspecified atom stereocenters. The predicted octanol–water partition coefficient (Wildman–Crippen LogP) is 0.344. The van der Waals surface area contributed by atoms with Gasteiger partial charge in [0, 0.05) is 13.0 Å². The van der Waals surface area contributed by atoms with Crippen LogP contribution in [0, 0.1) is 0 Å². The van der Waals surface area contributed by atoms with Crippen LogP contribution in [-0.2, 0) is 19.1 Å². The number of hydrogen-bond acceptors (Lipinski definition) is 5. The molecule has 0 spiro atoms. The molecule has 5 nitrogen and oxygen atoms in total. The molecule has 0 radical (unpaired) electrons. The van der Waals surface area contributed by atoms with Gasteiger partial charge in [0.1, 0.15) is 6.61 Å². The minimum Gasteiger partial charge on any atom is -0.460 e. The third-order valence-corrected chi connectivity index (χ3v) is 1.10. The molecule has 14 heavy (non-hydrogen) atoms. The quantitative estimate of drug-likeness (QED) is 0.524. The molecule has 0 saturated heterocycles. The van der Waals surface area contributed by atoms with Crippen LogP contribution in [0.25, 0.3) is 0 Å². The van der Waals surface area contributed by atoms with Gasteiger partial charge in [-0.3, -0.25) is 4.79 Å². The summed E-state index contributed by atoms with van der Waals surface area (Å²) in [5.41, 5.74) is 5.54. The molecule has 5 heteroatoms. The molecule has 0 aromatic carbocycles. The molecule has 0 rings (SSSR count). The zero-order valence-corrected chi connectivity index (χ0v) is 8.57. The second kappa shape index (κ2) is 6.01. The number of ether oxygens (including phenoxy) is 2. The summed E-state index contributed by atoms with van der Waals surface area (Å²) >= 11 is 0. The van der Waals surface area contributed by atoms with Gasteiger partial charge in [0.2, 0.25) is 0 Å². The summed E-state index contributed by atoms with van der Waals surface area (Å²) in [6.45, 7) is 4.63. The molecule has 0 bridgehead atoms. The van der Waals surface area contributed by atoms with Crippen LogP contribution in [-0.4, -0.2) is 24.6 Å². The third-order valence-electron chi connectivity index (χ3n) is 1.10. The van der Waals surface area contributed by atoms with E-state index < -0.39 is 11.9 Å². The van der Waals surface area contributed by atoms with Gasteiger partial charge < -0.3 is 15.2 Å². The highest BCUT2D eigenvalue weighted by molar-refractivity contribution is 5.82. The van der Waals surface area contributed by atoms with Crippen LogP contribution in [0.1, 0.15) is 20.8 Å². The van der Waals surface area contributed by atoms with Crippen molar-refractivity contribution in [1.29, 1.82) is 0 Å². The zero-order valence-electron chi connectivity index (χ0n) is 8.57. The Morgan fingerprint density at radius 1 is 1.43 bits per heavy atom. The average Bonchev–Trinajstić information content (AvgIpc) is 1.98. The van der Waals surface area contributed by atoms with E-state index in [2.05, 4.69) is 4.74 Å². The van der Waals surface area contributed by atoms with E-state index in [1.54, 1.807) is 13.8 Å². The fourth-order valence-corrected chi connectivity index (χ4v) is 0.644. The molecule has 0 atom stereocenters. The standard InChI is InChI=1S/C9H15NO4/c1-6(2)14-9(12)4-8(10)5-13-7(3)11/h4,6H,5,10H2,1-3H3. The lowest BCUT2D eigenvalue weighted by molar-refractivity contribution is -0.142. The van der Waals surface area contributed by atoms with Gasteiger partial charge in [0.25, 0.3) is 0 Å². The first-order valence-corrected chi connectivity index (χ1v) is 4.22. The van der Waals surface area contributed by atoms with E-state index >= 15 is 0 Å². The van der Waals surface area contributed by atoms with E-state index in [4.69, 9.17) is 10.5 Å². The van der Waals surface area contributed by atoms with E-state index in [1.807, 2.05) is 0 Å². The lowest BCUT2D eigenvalue weighted by atomic mass is 10.4. The van der Waals surface area contributed by atoms with E-state index in [0.29, 0.717) is 0 Å². The minimum absolute atomic E-state index is 0.0947. The highest BCUT2D eigenvalue weighted by Crippen LogP contribution is 1.93. The molecule has 80 valence electrons. The number of carbonyl (C=O) groups excluding carboxylic acids is 2. The van der Waals surface area contributed by atoms with Gasteiger partial charge in [-0.05, 0) is 13.8 Å². The van der Waals surface area contributed by atoms with E-state index in [1.165, 1.54) is 6.92 Å². The van der Waals surface area contributed by atoms with E-state index in [9.17, 15) is 9.59 Å². The maximum atomic E-state index is 11.0. The van der Waals surface area contributed by atoms with Crippen molar-refractivity contribution in [2.75, 3.05) is 6.61 Å². The topological polar surface area (TPSA) is 78.6 Å². The first-order valence-electron chi connectivity index (χ1n) is 4.22. The fourth-order valence-electron chi connectivity index (χ4n) is 0.644. The highest BCUT2D eigenvalue weighted by Gasteiger charge is 2.03. The summed E-state index contributed by atoms with van der Waals surface area (Å²) in [4.78, 5) is 21.4. The summed E-state index contributed by atoms with van der Waals surface area (Å²) in [7, 11) is 0. The number of rotatable bonds is 4. The maximum Gasteiger partial charge on any atom is 0.332 e. The van der Waals surface area contributed by atoms with Crippen molar-refractivity contribution in [1.82, 2.24) is 0 Å². The second-order valence-corrected chi connectivity index (χ2v) is 2.99. The Kier molecular flexibility index (Phi) is 5.36. The SMILES string of the molecule is CC(=O)OCC(N)=CC(=O)OC(C)C. The summed E-state index contributed by atoms with van der Waals surface area (Å²) in [5.74, 6) is -0.983. The lowest BCUT2D eigenvalue weighted by Gasteiger charge is -2.05. The van der Waals surface area contributed by atoms with Gasteiger partial charge in [-0.2, -0.15) is 0 Å². The minimum atomic E-state index is -0.537. The largest absolute Gasteiger partial charge is 0.460 e. The summed E-state index contributed by atoms with van der Waals surface area (Å²) in [6, 6.07) is 0. The molecule has 0 saturated carbocycles. The Balaban J connectivity index is 3.96. The smallest absolute Gasteiger partial charge is 0.332 e. The Hall–Kier alpha value is -1.52. The molecule has 0 heterocycles. The number of esters is 2. The Morgan fingerprint density at radius 2 is 2.00 bits per heavy atom. The van der Waals surface area contributed by atoms with Gasteiger partial charge in [-0.1, -0.05) is 0 Å². The Bertz CT molecular complexity index is 245. The highest BCUT2D eigenvalue weighted by atomic mass is 16.5. The molecule has 0 fully saturated rings. The van der Waals surface area contributed by atoms with Crippen molar-refractivity contribution in [2.24, 2.45) is 5.73 Å². The van der Waals surface area contributed by atoms with Crippen LogP contribution >= 0.6 is 0 Å². The molecule has 0 aliphatic rings. The number of hydrogen-bond donors (Lipinski definition) is 1. The molecule has 0 amide bonds. The van der Waals surface area contributed by atoms with Gasteiger partial charge >= 0.3 is 11.9 Å². The second-order valence-electron chi connectivity index (χ2n) is 2.99. The molecule has 0 aliphatic carbocycles. The first kappa shape index (κ1) is 12.5. The molecule has 0 aliphatic heterocycles. The van der Waals surface area contributed by atoms with Crippen molar-refractivity contribution < 1.29 is 19.1 Å². The van der Waals surface area contributed by atoms with Gasteiger partial charge in [-0.15, -0.1) is 0 Å². The maximum absolute atomic E-state index is 11.0. The summed E-state index contributed by atoms with van der Waals surface area (Å²) < 4.78 is 9.36. The molecule has 2 N–H and O–H groups in total. The van der Waals surface area contributed by atoms with Crippen LogP contribution in [0.3, 0.4) is 0 Å². The number of nitrogens with two attached hydrogens (primary N) is 1. The van der Waals surface area contributed by atoms with Crippen molar-refractivity contribution in [2.45, 2.75) is 26.9 Å². The van der Waals surface area contributed by atoms with Gasteiger partial charge in [-0.25, -0.2) is 4.79 Å².